The van der Waals surface area contributed by atoms with Crippen LogP contribution in [0.2, 0.25) is 0 Å². The number of carbonyl (C=O) groups excluding carboxylic acids is 8. The predicted molar refractivity (Wildman–Crippen MR) is 287 cm³/mol. The van der Waals surface area contributed by atoms with Crippen LogP contribution in [0.1, 0.15) is 141 Å². The summed E-state index contributed by atoms with van der Waals surface area (Å²) in [6.45, 7) is 4.13. The van der Waals surface area contributed by atoms with E-state index < -0.39 is 115 Å². The molecule has 1 aliphatic rings. The Morgan fingerprint density at radius 2 is 1.25 bits per heavy atom. The molecule has 432 valence electrons. The fourth-order valence-corrected chi connectivity index (χ4v) is 8.19. The van der Waals surface area contributed by atoms with Gasteiger partial charge in [-0.05, 0) is 76.9 Å². The number of unbranched alkanes of at least 4 members (excludes halogenated alkanes) is 10. The first-order valence-corrected chi connectivity index (χ1v) is 26.9. The van der Waals surface area contributed by atoms with Crippen LogP contribution in [0.3, 0.4) is 0 Å². The second-order valence-corrected chi connectivity index (χ2v) is 19.2. The molecular weight excluding hydrogens is 1000 g/mol. The van der Waals surface area contributed by atoms with Crippen molar-refractivity contribution in [3.05, 3.63) is 35.9 Å². The number of hydrogen-bond acceptors (Lipinski definition) is 14. The van der Waals surface area contributed by atoms with Gasteiger partial charge in [0.1, 0.15) is 36.3 Å². The lowest BCUT2D eigenvalue weighted by atomic mass is 10.1. The number of guanidine groups is 1. The normalized spacial score (nSPS) is 15.2. The number of nitrogens with zero attached hydrogens (tertiary/aromatic N) is 1. The number of aliphatic imine (C=N–C) groups is 1. The SMILES string of the molecule is CCCCCCCCCCCCNC(=O)[C@H](CC(=O)NN[C@@H](CCCN=C(N)N)C(=O)NCC(=O)N[C@@H](CC(=O)O)C(=O)N[C@@H](Cc1ccccc1)C(=O)O)NC(=O)[C@H](CCCCN)NC(=O)[C@H](C)NC(=O)[C@@H]1CCCN1. The standard InChI is InChI=1S/C51H86N14O12/c1-3-4-5-6-7-8-9-10-11-17-26-56-46(72)38(62-48(74)36(22-15-16-25-52)61-44(70)33(2)59-47(73)35-23-18-27-55-35)30-41(66)65-64-37(24-19-28-57-51(53)54)45(71)58-32-42(67)60-39(31-43(68)69)49(75)63-40(50(76)77)29-34-20-13-12-14-21-34/h12-14,20-21,33,35-40,55,64H,3-11,15-19,22-32,52H2,1-2H3,(H,56,72)(H,58,71)(H,59,73)(H,60,67)(H,61,70)(H,62,74)(H,63,75)(H,65,66)(H,68,69)(H,76,77)(H4,53,54,57)/t33-,35-,36-,37-,38-,39-,40-/m0/s1. The van der Waals surface area contributed by atoms with Crippen molar-refractivity contribution in [1.82, 2.24) is 53.4 Å². The maximum atomic E-state index is 14.0. The third-order valence-corrected chi connectivity index (χ3v) is 12.6. The molecule has 8 amide bonds. The van der Waals surface area contributed by atoms with E-state index in [0.29, 0.717) is 44.3 Å². The zero-order valence-electron chi connectivity index (χ0n) is 44.8. The molecule has 1 saturated heterocycles. The molecule has 0 saturated carbocycles. The van der Waals surface area contributed by atoms with Crippen LogP contribution >= 0.6 is 0 Å². The maximum Gasteiger partial charge on any atom is 0.326 e. The molecule has 26 nitrogen and oxygen atoms in total. The van der Waals surface area contributed by atoms with Crippen molar-refractivity contribution in [2.24, 2.45) is 22.2 Å². The number of aliphatic carboxylic acids is 2. The Morgan fingerprint density at radius 1 is 0.649 bits per heavy atom. The van der Waals surface area contributed by atoms with E-state index in [0.717, 1.165) is 32.1 Å². The van der Waals surface area contributed by atoms with Gasteiger partial charge < -0.3 is 69.9 Å². The number of nitrogens with one attached hydrogen (secondary N) is 10. The minimum absolute atomic E-state index is 0.0493. The summed E-state index contributed by atoms with van der Waals surface area (Å²) < 4.78 is 0. The molecule has 0 bridgehead atoms. The number of nitrogens with two attached hydrogens (primary N) is 3. The van der Waals surface area contributed by atoms with Gasteiger partial charge in [-0.25, -0.2) is 10.2 Å². The van der Waals surface area contributed by atoms with Gasteiger partial charge in [0, 0.05) is 19.5 Å². The average molecular weight is 1090 g/mol. The van der Waals surface area contributed by atoms with E-state index in [1.54, 1.807) is 30.3 Å². The van der Waals surface area contributed by atoms with Crippen LogP contribution in [0.15, 0.2) is 35.3 Å². The summed E-state index contributed by atoms with van der Waals surface area (Å²) in [5.74, 6) is -9.43. The lowest BCUT2D eigenvalue weighted by molar-refractivity contribution is -0.143. The molecule has 0 radical (unpaired) electrons. The molecule has 1 heterocycles. The van der Waals surface area contributed by atoms with E-state index in [2.05, 4.69) is 65.3 Å². The van der Waals surface area contributed by atoms with Crippen molar-refractivity contribution in [3.8, 4) is 0 Å². The molecule has 0 unspecified atom stereocenters. The minimum Gasteiger partial charge on any atom is -0.481 e. The van der Waals surface area contributed by atoms with Gasteiger partial charge in [0.05, 0.1) is 25.4 Å². The topological polar surface area (TPSA) is 422 Å². The molecule has 77 heavy (non-hydrogen) atoms. The van der Waals surface area contributed by atoms with Crippen molar-refractivity contribution >= 4 is 65.2 Å². The van der Waals surface area contributed by atoms with Gasteiger partial charge in [0.25, 0.3) is 0 Å². The number of amides is 8. The maximum absolute atomic E-state index is 14.0. The van der Waals surface area contributed by atoms with Gasteiger partial charge in [-0.2, -0.15) is 0 Å². The Balaban J connectivity index is 2.22. The lowest BCUT2D eigenvalue weighted by Gasteiger charge is -2.25. The Hall–Kier alpha value is -6.93. The molecule has 0 spiro atoms. The van der Waals surface area contributed by atoms with Crippen LogP contribution in [-0.2, 0) is 54.4 Å². The summed E-state index contributed by atoms with van der Waals surface area (Å²) in [4.78, 5) is 135. The largest absolute Gasteiger partial charge is 0.481 e. The van der Waals surface area contributed by atoms with Crippen molar-refractivity contribution in [1.29, 1.82) is 0 Å². The van der Waals surface area contributed by atoms with Crippen molar-refractivity contribution in [2.45, 2.75) is 185 Å². The van der Waals surface area contributed by atoms with Gasteiger partial charge in [0.2, 0.25) is 47.3 Å². The van der Waals surface area contributed by atoms with E-state index in [1.165, 1.54) is 39.0 Å². The van der Waals surface area contributed by atoms with E-state index in [1.807, 2.05) is 0 Å². The van der Waals surface area contributed by atoms with E-state index in [9.17, 15) is 58.2 Å². The molecule has 1 aliphatic heterocycles. The van der Waals surface area contributed by atoms with Gasteiger partial charge in [-0.15, -0.1) is 0 Å². The highest BCUT2D eigenvalue weighted by atomic mass is 16.4. The number of hydrazine groups is 1. The number of carboxylic acids is 2. The molecule has 2 rings (SSSR count). The number of carbonyl (C=O) groups is 10. The van der Waals surface area contributed by atoms with Crippen molar-refractivity contribution in [3.63, 3.8) is 0 Å². The monoisotopic (exact) mass is 1090 g/mol. The Kier molecular flexibility index (Phi) is 33.2. The van der Waals surface area contributed by atoms with E-state index in [4.69, 9.17) is 17.2 Å². The van der Waals surface area contributed by atoms with E-state index in [-0.39, 0.29) is 50.6 Å². The second kappa shape index (κ2) is 38.6. The summed E-state index contributed by atoms with van der Waals surface area (Å²) >= 11 is 0. The van der Waals surface area contributed by atoms with Crippen LogP contribution in [-0.4, -0.2) is 150 Å². The quantitative estimate of drug-likeness (QED) is 0.0157. The molecule has 0 aromatic heterocycles. The number of hydrogen-bond donors (Lipinski definition) is 15. The summed E-state index contributed by atoms with van der Waals surface area (Å²) in [5, 5.41) is 39.9. The Bertz CT molecular complexity index is 2060. The number of carboxylic acid groups (broad SMARTS) is 2. The summed E-state index contributed by atoms with van der Waals surface area (Å²) in [6, 6.07) is -0.307. The first kappa shape index (κ1) is 66.2. The fraction of sp³-hybridized carbons (Fsp3) is 0.667. The highest BCUT2D eigenvalue weighted by molar-refractivity contribution is 5.97. The number of benzene rings is 1. The van der Waals surface area contributed by atoms with Crippen molar-refractivity contribution in [2.75, 3.05) is 32.7 Å². The van der Waals surface area contributed by atoms with Crippen molar-refractivity contribution < 1.29 is 58.2 Å². The van der Waals surface area contributed by atoms with E-state index >= 15 is 0 Å². The predicted octanol–water partition coefficient (Wildman–Crippen LogP) is -1.30. The third-order valence-electron chi connectivity index (χ3n) is 12.6. The smallest absolute Gasteiger partial charge is 0.326 e. The molecule has 18 N–H and O–H groups in total. The van der Waals surface area contributed by atoms with Crippen LogP contribution in [0.5, 0.6) is 0 Å². The Morgan fingerprint density at radius 3 is 1.86 bits per heavy atom. The lowest BCUT2D eigenvalue weighted by Crippen LogP contribution is -2.58. The highest BCUT2D eigenvalue weighted by Crippen LogP contribution is 2.12. The van der Waals surface area contributed by atoms with Gasteiger partial charge in [-0.3, -0.25) is 53.6 Å². The molecule has 1 aromatic rings. The summed E-state index contributed by atoms with van der Waals surface area (Å²) in [6.07, 6.45) is 11.5. The van der Waals surface area contributed by atoms with Gasteiger partial charge in [0.15, 0.2) is 5.96 Å². The van der Waals surface area contributed by atoms with Crippen LogP contribution in [0.25, 0.3) is 0 Å². The Labute approximate surface area is 450 Å². The van der Waals surface area contributed by atoms with Crippen LogP contribution in [0, 0.1) is 0 Å². The average Bonchev–Trinajstić information content (AvgIpc) is 3.94. The first-order valence-electron chi connectivity index (χ1n) is 26.9. The summed E-state index contributed by atoms with van der Waals surface area (Å²) in [7, 11) is 0. The fourth-order valence-electron chi connectivity index (χ4n) is 8.19. The number of rotatable bonds is 41. The molecule has 7 atom stereocenters. The van der Waals surface area contributed by atoms with Crippen LogP contribution in [0.4, 0.5) is 0 Å². The molecule has 0 aliphatic carbocycles. The molecule has 1 fully saturated rings. The van der Waals surface area contributed by atoms with Gasteiger partial charge >= 0.3 is 11.9 Å². The first-order chi connectivity index (χ1) is 36.8. The zero-order chi connectivity index (χ0) is 57.0. The highest BCUT2D eigenvalue weighted by Gasteiger charge is 2.32. The molecule has 1 aromatic carbocycles. The molecule has 26 heteroatoms. The molecular formula is C51H86N14O12. The zero-order valence-corrected chi connectivity index (χ0v) is 44.8. The third kappa shape index (κ3) is 29.2. The van der Waals surface area contributed by atoms with Crippen LogP contribution < -0.4 is 70.6 Å². The van der Waals surface area contributed by atoms with Gasteiger partial charge in [-0.1, -0.05) is 95.0 Å². The summed E-state index contributed by atoms with van der Waals surface area (Å²) in [5.41, 5.74) is 22.2. The minimum atomic E-state index is -1.74. The second-order valence-electron chi connectivity index (χ2n) is 19.2.